The second-order valence-electron chi connectivity index (χ2n) is 1.77. The topological polar surface area (TPSA) is 205 Å². The quantitative estimate of drug-likeness (QED) is 0.177. The number of thioether (sulfide) groups is 1. The maximum absolute atomic E-state index is 10.1. The van der Waals surface area contributed by atoms with E-state index in [0.717, 1.165) is 5.75 Å². The van der Waals surface area contributed by atoms with Crippen LogP contribution in [0.1, 0.15) is 6.42 Å². The summed E-state index contributed by atoms with van der Waals surface area (Å²) in [6, 6.07) is -0.683. The summed E-state index contributed by atoms with van der Waals surface area (Å²) in [6.07, 6.45) is 2.48. The molecule has 0 heterocycles. The predicted molar refractivity (Wildman–Crippen MR) is 64.5 cm³/mol. The molecule has 0 saturated carbocycles. The number of carboxylic acid groups (broad SMARTS) is 1. The van der Waals surface area contributed by atoms with E-state index >= 15 is 0 Å². The van der Waals surface area contributed by atoms with Crippen molar-refractivity contribution in [1.82, 2.24) is 0 Å². The molecule has 19 heavy (non-hydrogen) atoms. The molecule has 0 aliphatic carbocycles. The number of rotatable bonds is 4. The molecule has 0 aliphatic rings. The number of hydrogen-bond donors (Lipinski definition) is 4. The van der Waals surface area contributed by atoms with Crippen LogP contribution >= 0.6 is 32.2 Å². The standard InChI is InChI=1S/C5H11NO2S.2ClH.H4N2.Na.Ni.3H2O.Pd/c1-9-3-2-4(6)5(7)8;;;1-2;;;;;;/h4H,2-3,6H2,1H3,(H,7,8);2*1H;1-2H2;;;3*1H2;/q;;;;+1;+2;;;;+2/p-5. The summed E-state index contributed by atoms with van der Waals surface area (Å²) >= 11 is 2.17. The Morgan fingerprint density at radius 1 is 1.32 bits per heavy atom. The Morgan fingerprint density at radius 2 is 1.58 bits per heavy atom. The van der Waals surface area contributed by atoms with Crippen molar-refractivity contribution in [3.63, 3.8) is 0 Å². The van der Waals surface area contributed by atoms with Gasteiger partial charge in [-0.2, -0.15) is 11.8 Å². The molecule has 10 N–H and O–H groups in total. The minimum absolute atomic E-state index is 0. The van der Waals surface area contributed by atoms with Gasteiger partial charge in [0.1, 0.15) is 6.04 Å². The summed E-state index contributed by atoms with van der Waals surface area (Å²) in [5, 5.41) is 8.27. The van der Waals surface area contributed by atoms with Gasteiger partial charge in [-0.25, -0.2) is 0 Å². The molecule has 0 bridgehead atoms. The van der Waals surface area contributed by atoms with Crippen molar-refractivity contribution in [2.45, 2.75) is 12.5 Å². The first-order valence-corrected chi connectivity index (χ1v) is 7.34. The van der Waals surface area contributed by atoms with Crippen molar-refractivity contribution in [1.29, 1.82) is 0 Å². The van der Waals surface area contributed by atoms with Gasteiger partial charge in [0, 0.05) is 0 Å². The molecule has 0 aromatic rings. The number of halogens is 2. The summed E-state index contributed by atoms with van der Waals surface area (Å²) < 4.78 is 0. The van der Waals surface area contributed by atoms with E-state index in [9.17, 15) is 4.79 Å². The molecule has 1 unspecified atom stereocenters. The van der Waals surface area contributed by atoms with Crippen LogP contribution in [-0.4, -0.2) is 45.6 Å². The molecule has 14 heteroatoms. The van der Waals surface area contributed by atoms with Gasteiger partial charge in [-0.15, -0.1) is 0 Å². The number of hydrogen-bond acceptors (Lipinski definition) is 8. The van der Waals surface area contributed by atoms with Crippen LogP contribution in [0.3, 0.4) is 0 Å². The van der Waals surface area contributed by atoms with E-state index in [-0.39, 0.29) is 66.4 Å². The molecular weight excluding hydrogens is 473 g/mol. The molecule has 124 valence electrons. The van der Waals surface area contributed by atoms with Crippen LogP contribution in [0.5, 0.6) is 0 Å². The summed E-state index contributed by atoms with van der Waals surface area (Å²) in [7, 11) is 9.40. The first kappa shape index (κ1) is 49.6. The SMILES string of the molecule is CSCCC(N)C(=O)O.NN.[Cl][Ni][Cl].[Na+].[OH-].[OH-].[OH-].[Pd+2]. The van der Waals surface area contributed by atoms with E-state index in [1.807, 2.05) is 6.26 Å². The fraction of sp³-hybridized carbons (Fsp3) is 0.800. The average molecular weight is 491 g/mol. The van der Waals surface area contributed by atoms with Crippen LogP contribution in [0.25, 0.3) is 0 Å². The summed E-state index contributed by atoms with van der Waals surface area (Å²) in [5.74, 6) is 7.90. The van der Waals surface area contributed by atoms with Crippen LogP contribution in [0.15, 0.2) is 0 Å². The summed E-state index contributed by atoms with van der Waals surface area (Å²) in [6.45, 7) is 0. The van der Waals surface area contributed by atoms with Crippen molar-refractivity contribution < 1.29 is 89.0 Å². The van der Waals surface area contributed by atoms with Crippen LogP contribution in [0.4, 0.5) is 0 Å². The van der Waals surface area contributed by atoms with Crippen LogP contribution in [0.2, 0.25) is 0 Å². The van der Waals surface area contributed by atoms with Crippen LogP contribution < -0.4 is 47.0 Å². The first-order valence-electron chi connectivity index (χ1n) is 3.23. The molecule has 8 nitrogen and oxygen atoms in total. The fourth-order valence-electron chi connectivity index (χ4n) is 0.368. The number of carbonyl (C=O) groups is 1. The molecule has 0 rings (SSSR count). The molecule has 0 saturated heterocycles. The molecule has 0 aromatic heterocycles. The van der Waals surface area contributed by atoms with Crippen LogP contribution in [0, 0.1) is 0 Å². The Balaban J connectivity index is -0.0000000180. The van der Waals surface area contributed by atoms with Gasteiger partial charge in [-0.3, -0.25) is 16.5 Å². The normalized spacial score (nSPS) is 7.68. The zero-order valence-corrected chi connectivity index (χ0v) is 17.1. The van der Waals surface area contributed by atoms with Gasteiger partial charge < -0.3 is 27.3 Å². The maximum Gasteiger partial charge on any atom is 2.00 e. The summed E-state index contributed by atoms with van der Waals surface area (Å²) in [5.41, 5.74) is 5.19. The third kappa shape index (κ3) is 64.0. The molecule has 1 atom stereocenters. The number of aliphatic carboxylic acids is 1. The van der Waals surface area contributed by atoms with E-state index in [1.165, 1.54) is 0 Å². The molecule has 0 fully saturated rings. The molecule has 0 spiro atoms. The van der Waals surface area contributed by atoms with Gasteiger partial charge in [-0.1, -0.05) is 0 Å². The van der Waals surface area contributed by atoms with Crippen molar-refractivity contribution in [2.75, 3.05) is 12.0 Å². The maximum atomic E-state index is 10.1. The Kier molecular flexibility index (Phi) is 131. The van der Waals surface area contributed by atoms with E-state index in [4.69, 9.17) is 31.2 Å². The molecule has 0 radical (unpaired) electrons. The number of hydrazine groups is 1. The molecule has 0 amide bonds. The first-order chi connectivity index (χ1) is 6.59. The monoisotopic (exact) mass is 489 g/mol. The predicted octanol–water partition coefficient (Wildman–Crippen LogP) is -3.18. The average Bonchev–Trinajstić information content (AvgIpc) is 2.18. The third-order valence-electron chi connectivity index (χ3n) is 0.950. The third-order valence-corrected chi connectivity index (χ3v) is 1.59. The molecular formula is C5H18Cl2N3NaNiO5PdS. The van der Waals surface area contributed by atoms with Crippen LogP contribution in [-0.2, 0) is 37.9 Å². The largest absolute Gasteiger partial charge is 2.00 e. The number of nitrogens with two attached hydrogens (primary N) is 3. The zero-order valence-electron chi connectivity index (χ0n) is 10.2. The second-order valence-corrected chi connectivity index (χ2v) is 4.39. The minimum Gasteiger partial charge on any atom is -0.870 e. The van der Waals surface area contributed by atoms with E-state index in [1.54, 1.807) is 11.8 Å². The van der Waals surface area contributed by atoms with E-state index < -0.39 is 12.0 Å². The van der Waals surface area contributed by atoms with Gasteiger partial charge in [0.2, 0.25) is 0 Å². The van der Waals surface area contributed by atoms with Crippen molar-refractivity contribution >= 4 is 38.1 Å². The van der Waals surface area contributed by atoms with Gasteiger partial charge in [0.15, 0.2) is 0 Å². The molecule has 0 aromatic carbocycles. The van der Waals surface area contributed by atoms with Gasteiger partial charge in [0.05, 0.1) is 0 Å². The van der Waals surface area contributed by atoms with Gasteiger partial charge in [-0.05, 0) is 18.4 Å². The zero-order chi connectivity index (χ0) is 12.0. The van der Waals surface area contributed by atoms with Crippen molar-refractivity contribution in [2.24, 2.45) is 17.4 Å². The van der Waals surface area contributed by atoms with Crippen molar-refractivity contribution in [3.8, 4) is 0 Å². The Labute approximate surface area is 167 Å². The molecule has 0 aliphatic heterocycles. The Morgan fingerprint density at radius 3 is 1.74 bits per heavy atom. The second kappa shape index (κ2) is 50.0. The van der Waals surface area contributed by atoms with Crippen molar-refractivity contribution in [3.05, 3.63) is 0 Å². The summed E-state index contributed by atoms with van der Waals surface area (Å²) in [4.78, 5) is 10.1. The Hall–Kier alpha value is 2.32. The van der Waals surface area contributed by atoms with E-state index in [0.29, 0.717) is 19.1 Å². The fourth-order valence-corrected chi connectivity index (χ4v) is 0.858. The smallest absolute Gasteiger partial charge is 0.870 e. The Bertz CT molecular complexity index is 143. The van der Waals surface area contributed by atoms with Gasteiger partial charge >= 0.3 is 89.0 Å². The van der Waals surface area contributed by atoms with E-state index in [2.05, 4.69) is 11.7 Å². The number of carboxylic acids is 1. The van der Waals surface area contributed by atoms with Gasteiger partial charge in [0.25, 0.3) is 0 Å². The minimum atomic E-state index is -0.913.